The largest absolute Gasteiger partial charge is 0.497 e. The first-order valence-electron chi connectivity index (χ1n) is 8.62. The lowest BCUT2D eigenvalue weighted by molar-refractivity contribution is 0.0906. The van der Waals surface area contributed by atoms with Crippen LogP contribution in [0.2, 0.25) is 0 Å². The van der Waals surface area contributed by atoms with Gasteiger partial charge < -0.3 is 19.2 Å². The van der Waals surface area contributed by atoms with Crippen LogP contribution < -0.4 is 10.1 Å². The predicted molar refractivity (Wildman–Crippen MR) is 103 cm³/mol. The van der Waals surface area contributed by atoms with Crippen molar-refractivity contribution in [1.29, 1.82) is 0 Å². The summed E-state index contributed by atoms with van der Waals surface area (Å²) < 4.78 is 16.2. The second-order valence-corrected chi connectivity index (χ2v) is 6.13. The number of hydrogen-bond donors (Lipinski definition) is 1. The molecule has 0 aliphatic heterocycles. The zero-order valence-electron chi connectivity index (χ0n) is 15.6. The van der Waals surface area contributed by atoms with Crippen molar-refractivity contribution in [3.63, 3.8) is 0 Å². The van der Waals surface area contributed by atoms with Crippen LogP contribution >= 0.6 is 0 Å². The third-order valence-electron chi connectivity index (χ3n) is 4.08. The molecule has 0 aliphatic rings. The highest BCUT2D eigenvalue weighted by molar-refractivity contribution is 6.00. The molecule has 1 amide bonds. The zero-order chi connectivity index (χ0) is 19.2. The van der Waals surface area contributed by atoms with Crippen LogP contribution in [0.3, 0.4) is 0 Å². The molecule has 1 heterocycles. The van der Waals surface area contributed by atoms with Gasteiger partial charge in [-0.25, -0.2) is 4.98 Å². The van der Waals surface area contributed by atoms with E-state index in [-0.39, 0.29) is 11.9 Å². The molecule has 0 spiro atoms. The summed E-state index contributed by atoms with van der Waals surface area (Å²) in [5.74, 6) is 1.59. The first-order valence-corrected chi connectivity index (χ1v) is 8.62. The van der Waals surface area contributed by atoms with E-state index in [1.807, 2.05) is 49.4 Å². The van der Waals surface area contributed by atoms with Gasteiger partial charge in [-0.2, -0.15) is 0 Å². The van der Waals surface area contributed by atoms with E-state index < -0.39 is 0 Å². The molecule has 6 heteroatoms. The molecule has 3 rings (SSSR count). The monoisotopic (exact) mass is 366 g/mol. The summed E-state index contributed by atoms with van der Waals surface area (Å²) in [7, 11) is 3.22. The normalized spacial score (nSPS) is 11.8. The second kappa shape index (κ2) is 8.51. The third-order valence-corrected chi connectivity index (χ3v) is 4.08. The molecule has 2 aromatic carbocycles. The molecule has 0 radical (unpaired) electrons. The highest BCUT2D eigenvalue weighted by Gasteiger charge is 2.18. The number of rotatable bonds is 7. The molecule has 1 N–H and O–H groups in total. The van der Waals surface area contributed by atoms with E-state index in [2.05, 4.69) is 10.3 Å². The first kappa shape index (κ1) is 18.7. The number of oxazole rings is 1. The molecule has 0 saturated carbocycles. The molecule has 0 aliphatic carbocycles. The summed E-state index contributed by atoms with van der Waals surface area (Å²) in [6.45, 7) is 2.32. The first-order chi connectivity index (χ1) is 13.1. The Morgan fingerprint density at radius 3 is 2.59 bits per heavy atom. The molecule has 1 aromatic heterocycles. The van der Waals surface area contributed by atoms with Crippen LogP contribution in [-0.2, 0) is 4.74 Å². The molecule has 0 fully saturated rings. The highest BCUT2D eigenvalue weighted by atomic mass is 16.5. The average molecular weight is 366 g/mol. The molecule has 0 bridgehead atoms. The minimum absolute atomic E-state index is 0.102. The Morgan fingerprint density at radius 2 is 1.89 bits per heavy atom. The van der Waals surface area contributed by atoms with Crippen LogP contribution in [0.5, 0.6) is 5.75 Å². The maximum Gasteiger partial charge on any atom is 0.252 e. The third kappa shape index (κ3) is 4.35. The van der Waals surface area contributed by atoms with E-state index in [1.54, 1.807) is 26.5 Å². The summed E-state index contributed by atoms with van der Waals surface area (Å²) in [6, 6.07) is 14.6. The second-order valence-electron chi connectivity index (χ2n) is 6.13. The number of carbonyl (C=O) groups is 1. The lowest BCUT2D eigenvalue weighted by atomic mass is 10.1. The lowest BCUT2D eigenvalue weighted by Gasteiger charge is -2.14. The maximum atomic E-state index is 12.6. The van der Waals surface area contributed by atoms with E-state index in [0.29, 0.717) is 29.4 Å². The Labute approximate surface area is 158 Å². The minimum Gasteiger partial charge on any atom is -0.497 e. The Hall–Kier alpha value is -3.12. The zero-order valence-corrected chi connectivity index (χ0v) is 15.6. The summed E-state index contributed by atoms with van der Waals surface area (Å²) in [4.78, 5) is 17.0. The molecular weight excluding hydrogens is 344 g/mol. The fourth-order valence-corrected chi connectivity index (χ4v) is 2.75. The van der Waals surface area contributed by atoms with Gasteiger partial charge in [0.25, 0.3) is 5.91 Å². The number of benzene rings is 2. The van der Waals surface area contributed by atoms with Gasteiger partial charge in [0.15, 0.2) is 5.76 Å². The van der Waals surface area contributed by atoms with E-state index in [4.69, 9.17) is 13.9 Å². The Balaban J connectivity index is 1.87. The number of amides is 1. The molecule has 27 heavy (non-hydrogen) atoms. The van der Waals surface area contributed by atoms with Gasteiger partial charge in [0.2, 0.25) is 5.89 Å². The van der Waals surface area contributed by atoms with Crippen LogP contribution in [0.25, 0.3) is 22.8 Å². The summed E-state index contributed by atoms with van der Waals surface area (Å²) in [6.07, 6.45) is 1.65. The van der Waals surface area contributed by atoms with E-state index in [1.165, 1.54) is 0 Å². The molecule has 1 atom stereocenters. The Morgan fingerprint density at radius 1 is 1.15 bits per heavy atom. The standard InChI is InChI=1S/C21H22N2O4/c1-14(13-25-2)23-20(24)17-6-4-5-7-18(17)21-22-12-19(27-21)15-8-10-16(26-3)11-9-15/h4-12,14H,13H2,1-3H3,(H,23,24)/t14-/m1/s1. The number of methoxy groups -OCH3 is 2. The fourth-order valence-electron chi connectivity index (χ4n) is 2.75. The van der Waals surface area contributed by atoms with Crippen molar-refractivity contribution < 1.29 is 18.7 Å². The number of aromatic nitrogens is 1. The lowest BCUT2D eigenvalue weighted by Crippen LogP contribution is -2.35. The van der Waals surface area contributed by atoms with Gasteiger partial charge in [0.1, 0.15) is 5.75 Å². The van der Waals surface area contributed by atoms with Crippen LogP contribution in [0.1, 0.15) is 17.3 Å². The number of nitrogens with zero attached hydrogens (tertiary/aromatic N) is 1. The molecule has 140 valence electrons. The van der Waals surface area contributed by atoms with Crippen LogP contribution in [0.4, 0.5) is 0 Å². The van der Waals surface area contributed by atoms with Crippen molar-refractivity contribution in [3.8, 4) is 28.5 Å². The van der Waals surface area contributed by atoms with Crippen molar-refractivity contribution in [2.45, 2.75) is 13.0 Å². The topological polar surface area (TPSA) is 73.6 Å². The molecular formula is C21H22N2O4. The van der Waals surface area contributed by atoms with Crippen LogP contribution in [0.15, 0.2) is 59.1 Å². The molecule has 0 unspecified atom stereocenters. The Bertz CT molecular complexity index is 903. The number of hydrogen-bond acceptors (Lipinski definition) is 5. The number of nitrogens with one attached hydrogen (secondary N) is 1. The van der Waals surface area contributed by atoms with Gasteiger partial charge in [-0.3, -0.25) is 4.79 Å². The maximum absolute atomic E-state index is 12.6. The van der Waals surface area contributed by atoms with E-state index >= 15 is 0 Å². The molecule has 3 aromatic rings. The average Bonchev–Trinajstić information content (AvgIpc) is 3.18. The van der Waals surface area contributed by atoms with Crippen molar-refractivity contribution in [2.75, 3.05) is 20.8 Å². The van der Waals surface area contributed by atoms with Gasteiger partial charge >= 0.3 is 0 Å². The minimum atomic E-state index is -0.195. The highest BCUT2D eigenvalue weighted by Crippen LogP contribution is 2.29. The van der Waals surface area contributed by atoms with Gasteiger partial charge in [-0.1, -0.05) is 12.1 Å². The Kier molecular flexibility index (Phi) is 5.88. The quantitative estimate of drug-likeness (QED) is 0.689. The smallest absolute Gasteiger partial charge is 0.252 e. The van der Waals surface area contributed by atoms with Crippen molar-refractivity contribution in [1.82, 2.24) is 10.3 Å². The van der Waals surface area contributed by atoms with Gasteiger partial charge in [0, 0.05) is 24.3 Å². The molecule has 0 saturated heterocycles. The summed E-state index contributed by atoms with van der Waals surface area (Å²) in [5, 5.41) is 2.91. The van der Waals surface area contributed by atoms with Crippen LogP contribution in [-0.4, -0.2) is 37.8 Å². The fraction of sp³-hybridized carbons (Fsp3) is 0.238. The summed E-state index contributed by atoms with van der Waals surface area (Å²) >= 11 is 0. The van der Waals surface area contributed by atoms with Crippen molar-refractivity contribution in [2.24, 2.45) is 0 Å². The van der Waals surface area contributed by atoms with Gasteiger partial charge in [-0.15, -0.1) is 0 Å². The van der Waals surface area contributed by atoms with Gasteiger partial charge in [-0.05, 0) is 43.3 Å². The number of ether oxygens (including phenoxy) is 2. The van der Waals surface area contributed by atoms with Crippen molar-refractivity contribution in [3.05, 3.63) is 60.3 Å². The van der Waals surface area contributed by atoms with Crippen molar-refractivity contribution >= 4 is 5.91 Å². The molecule has 6 nitrogen and oxygen atoms in total. The summed E-state index contributed by atoms with van der Waals surface area (Å²) in [5.41, 5.74) is 2.02. The van der Waals surface area contributed by atoms with E-state index in [0.717, 1.165) is 11.3 Å². The predicted octanol–water partition coefficient (Wildman–Crippen LogP) is 3.78. The SMILES string of the molecule is COC[C@@H](C)NC(=O)c1ccccc1-c1ncc(-c2ccc(OC)cc2)o1. The van der Waals surface area contributed by atoms with E-state index in [9.17, 15) is 4.79 Å². The van der Waals surface area contributed by atoms with Crippen LogP contribution in [0, 0.1) is 0 Å². The number of carbonyl (C=O) groups excluding carboxylic acids is 1. The van der Waals surface area contributed by atoms with Gasteiger partial charge in [0.05, 0.1) is 25.5 Å².